The first-order valence-electron chi connectivity index (χ1n) is 12.3. The van der Waals surface area contributed by atoms with E-state index in [4.69, 9.17) is 11.6 Å². The zero-order valence-corrected chi connectivity index (χ0v) is 22.8. The van der Waals surface area contributed by atoms with Crippen LogP contribution in [0.25, 0.3) is 10.9 Å². The number of carbonyl (C=O) groups is 2. The van der Waals surface area contributed by atoms with E-state index >= 15 is 0 Å². The van der Waals surface area contributed by atoms with Gasteiger partial charge in [-0.3, -0.25) is 19.0 Å². The van der Waals surface area contributed by atoms with E-state index in [9.17, 15) is 14.4 Å². The van der Waals surface area contributed by atoms with Gasteiger partial charge >= 0.3 is 0 Å². The maximum absolute atomic E-state index is 13.4. The van der Waals surface area contributed by atoms with Crippen LogP contribution in [0.5, 0.6) is 0 Å². The highest BCUT2D eigenvalue weighted by Gasteiger charge is 2.15. The summed E-state index contributed by atoms with van der Waals surface area (Å²) in [6, 6.07) is 21.2. The quantitative estimate of drug-likeness (QED) is 0.199. The molecule has 0 radical (unpaired) electrons. The molecule has 1 heterocycles. The molecule has 0 aliphatic heterocycles. The Kier molecular flexibility index (Phi) is 9.20. The third-order valence-corrected chi connectivity index (χ3v) is 7.08. The Morgan fingerprint density at radius 2 is 1.71 bits per heavy atom. The average Bonchev–Trinajstić information content (AvgIpc) is 2.91. The predicted octanol–water partition coefficient (Wildman–Crippen LogP) is 5.60. The number of rotatable bonds is 10. The van der Waals surface area contributed by atoms with E-state index in [1.165, 1.54) is 11.8 Å². The standard InChI is InChI=1S/C29H29ClN4O3S/c1-19(2)15-16-31-27(36)21-9-7-20(8-10-21)17-34-28(37)24-5-3-4-6-25(24)33-29(34)38-18-26(35)32-23-13-11-22(30)12-14-23/h3-14,19H,15-18H2,1-2H3,(H,31,36)(H,32,35). The first-order valence-corrected chi connectivity index (χ1v) is 13.7. The van der Waals surface area contributed by atoms with Crippen molar-refractivity contribution in [2.24, 2.45) is 5.92 Å². The second-order valence-corrected chi connectivity index (χ2v) is 10.7. The number of hydrogen-bond acceptors (Lipinski definition) is 5. The van der Waals surface area contributed by atoms with E-state index in [2.05, 4.69) is 29.5 Å². The maximum Gasteiger partial charge on any atom is 0.262 e. The highest BCUT2D eigenvalue weighted by Crippen LogP contribution is 2.20. The van der Waals surface area contributed by atoms with E-state index in [0.29, 0.717) is 44.8 Å². The number of thioether (sulfide) groups is 1. The Balaban J connectivity index is 1.51. The molecule has 0 saturated carbocycles. The third kappa shape index (κ3) is 7.24. The van der Waals surface area contributed by atoms with Crippen molar-refractivity contribution in [3.63, 3.8) is 0 Å². The highest BCUT2D eigenvalue weighted by atomic mass is 35.5. The monoisotopic (exact) mass is 548 g/mol. The van der Waals surface area contributed by atoms with Gasteiger partial charge in [0.15, 0.2) is 5.16 Å². The molecule has 0 aliphatic rings. The van der Waals surface area contributed by atoms with Crippen LogP contribution in [0.3, 0.4) is 0 Å². The van der Waals surface area contributed by atoms with Crippen LogP contribution in [0.2, 0.25) is 5.02 Å². The Morgan fingerprint density at radius 1 is 1.00 bits per heavy atom. The SMILES string of the molecule is CC(C)CCNC(=O)c1ccc(Cn2c(SCC(=O)Nc3ccc(Cl)cc3)nc3ccccc3c2=O)cc1. The number of anilines is 1. The van der Waals surface area contributed by atoms with Crippen LogP contribution in [0, 0.1) is 5.92 Å². The lowest BCUT2D eigenvalue weighted by atomic mass is 10.1. The molecule has 1 aromatic heterocycles. The molecule has 2 amide bonds. The zero-order chi connectivity index (χ0) is 27.1. The number of carbonyl (C=O) groups excluding carboxylic acids is 2. The zero-order valence-electron chi connectivity index (χ0n) is 21.2. The van der Waals surface area contributed by atoms with Gasteiger partial charge in [-0.2, -0.15) is 0 Å². The van der Waals surface area contributed by atoms with Crippen LogP contribution in [0.15, 0.2) is 82.7 Å². The van der Waals surface area contributed by atoms with E-state index in [0.717, 1.165) is 12.0 Å². The molecule has 9 heteroatoms. The summed E-state index contributed by atoms with van der Waals surface area (Å²) in [6.45, 7) is 5.11. The number of para-hydroxylation sites is 1. The molecule has 38 heavy (non-hydrogen) atoms. The van der Waals surface area contributed by atoms with Gasteiger partial charge in [-0.1, -0.05) is 61.5 Å². The molecule has 196 valence electrons. The number of benzene rings is 3. The van der Waals surface area contributed by atoms with E-state index in [1.54, 1.807) is 59.2 Å². The topological polar surface area (TPSA) is 93.1 Å². The minimum atomic E-state index is -0.223. The molecule has 0 aliphatic carbocycles. The van der Waals surface area contributed by atoms with Crippen LogP contribution in [-0.2, 0) is 11.3 Å². The summed E-state index contributed by atoms with van der Waals surface area (Å²) in [4.78, 5) is 43.1. The fourth-order valence-electron chi connectivity index (χ4n) is 3.78. The van der Waals surface area contributed by atoms with Gasteiger partial charge in [-0.25, -0.2) is 4.98 Å². The number of fused-ring (bicyclic) bond motifs is 1. The summed E-state index contributed by atoms with van der Waals surface area (Å²) >= 11 is 7.11. The molecule has 3 aromatic carbocycles. The fraction of sp³-hybridized carbons (Fsp3) is 0.241. The minimum absolute atomic E-state index is 0.0723. The van der Waals surface area contributed by atoms with E-state index < -0.39 is 0 Å². The number of nitrogens with zero attached hydrogens (tertiary/aromatic N) is 2. The van der Waals surface area contributed by atoms with Gasteiger partial charge in [0.2, 0.25) is 5.91 Å². The molecule has 7 nitrogen and oxygen atoms in total. The van der Waals surface area contributed by atoms with Crippen molar-refractivity contribution in [1.82, 2.24) is 14.9 Å². The van der Waals surface area contributed by atoms with E-state index in [-0.39, 0.29) is 29.7 Å². The van der Waals surface area contributed by atoms with Crippen LogP contribution >= 0.6 is 23.4 Å². The van der Waals surface area contributed by atoms with Crippen LogP contribution < -0.4 is 16.2 Å². The molecule has 0 bridgehead atoms. The summed E-state index contributed by atoms with van der Waals surface area (Å²) in [5, 5.41) is 7.29. The van der Waals surface area contributed by atoms with Gasteiger partial charge in [-0.15, -0.1) is 0 Å². The molecular formula is C29H29ClN4O3S. The van der Waals surface area contributed by atoms with Crippen molar-refractivity contribution in [2.45, 2.75) is 32.0 Å². The summed E-state index contributed by atoms with van der Waals surface area (Å²) in [5.41, 5.74) is 2.43. The number of amides is 2. The summed E-state index contributed by atoms with van der Waals surface area (Å²) < 4.78 is 1.57. The van der Waals surface area contributed by atoms with Crippen LogP contribution in [0.1, 0.15) is 36.2 Å². The van der Waals surface area contributed by atoms with Crippen molar-refractivity contribution in [3.8, 4) is 0 Å². The van der Waals surface area contributed by atoms with Gasteiger partial charge in [0.25, 0.3) is 11.5 Å². The second-order valence-electron chi connectivity index (χ2n) is 9.28. The largest absolute Gasteiger partial charge is 0.352 e. The summed E-state index contributed by atoms with van der Waals surface area (Å²) in [5.74, 6) is 0.244. The van der Waals surface area contributed by atoms with E-state index in [1.807, 2.05) is 18.2 Å². The number of nitrogens with one attached hydrogen (secondary N) is 2. The molecule has 4 rings (SSSR count). The molecule has 0 atom stereocenters. The Bertz CT molecular complexity index is 1480. The van der Waals surface area contributed by atoms with Crippen molar-refractivity contribution < 1.29 is 9.59 Å². The lowest BCUT2D eigenvalue weighted by molar-refractivity contribution is -0.113. The Morgan fingerprint density at radius 3 is 2.42 bits per heavy atom. The molecule has 0 saturated heterocycles. The van der Waals surface area contributed by atoms with Crippen molar-refractivity contribution in [1.29, 1.82) is 0 Å². The smallest absolute Gasteiger partial charge is 0.262 e. The minimum Gasteiger partial charge on any atom is -0.352 e. The second kappa shape index (κ2) is 12.8. The van der Waals surface area contributed by atoms with Gasteiger partial charge in [0.05, 0.1) is 23.2 Å². The number of hydrogen-bond donors (Lipinski definition) is 2. The van der Waals surface area contributed by atoms with Crippen LogP contribution in [-0.4, -0.2) is 33.7 Å². The molecule has 0 spiro atoms. The Labute approximate surface area is 230 Å². The summed E-state index contributed by atoms with van der Waals surface area (Å²) in [7, 11) is 0. The van der Waals surface area contributed by atoms with Gasteiger partial charge < -0.3 is 10.6 Å². The normalized spacial score (nSPS) is 11.1. The first-order chi connectivity index (χ1) is 18.3. The van der Waals surface area contributed by atoms with Gasteiger partial charge in [0.1, 0.15) is 0 Å². The molecule has 4 aromatic rings. The van der Waals surface area contributed by atoms with Crippen molar-refractivity contribution >= 4 is 51.8 Å². The number of halogens is 1. The van der Waals surface area contributed by atoms with Crippen LogP contribution in [0.4, 0.5) is 5.69 Å². The highest BCUT2D eigenvalue weighted by molar-refractivity contribution is 7.99. The molecular weight excluding hydrogens is 520 g/mol. The predicted molar refractivity (Wildman–Crippen MR) is 154 cm³/mol. The molecule has 2 N–H and O–H groups in total. The third-order valence-electron chi connectivity index (χ3n) is 5.85. The maximum atomic E-state index is 13.4. The average molecular weight is 549 g/mol. The molecule has 0 unspecified atom stereocenters. The first kappa shape index (κ1) is 27.4. The lowest BCUT2D eigenvalue weighted by Gasteiger charge is -2.14. The lowest BCUT2D eigenvalue weighted by Crippen LogP contribution is -2.26. The Hall–Kier alpha value is -3.62. The van der Waals surface area contributed by atoms with Crippen molar-refractivity contribution in [3.05, 3.63) is 99.3 Å². The fourth-order valence-corrected chi connectivity index (χ4v) is 4.70. The van der Waals surface area contributed by atoms with Gasteiger partial charge in [-0.05, 0) is 66.4 Å². The molecule has 0 fully saturated rings. The number of aromatic nitrogens is 2. The summed E-state index contributed by atoms with van der Waals surface area (Å²) in [6.07, 6.45) is 0.917. The van der Waals surface area contributed by atoms with Gasteiger partial charge in [0, 0.05) is 22.8 Å². The van der Waals surface area contributed by atoms with Crippen molar-refractivity contribution in [2.75, 3.05) is 17.6 Å².